The molecule has 0 saturated carbocycles. The number of pyridine rings is 1. The van der Waals surface area contributed by atoms with Crippen LogP contribution in [0.15, 0.2) is 24.5 Å². The van der Waals surface area contributed by atoms with Crippen molar-refractivity contribution in [3.8, 4) is 0 Å². The molecular weight excluding hydrogens is 244 g/mol. The lowest BCUT2D eigenvalue weighted by atomic mass is 10.2. The van der Waals surface area contributed by atoms with Crippen LogP contribution in [0.5, 0.6) is 0 Å². The second-order valence-corrected chi connectivity index (χ2v) is 3.84. The van der Waals surface area contributed by atoms with Crippen LogP contribution in [0, 0.1) is 0 Å². The fourth-order valence-electron chi connectivity index (χ4n) is 1.13. The predicted octanol–water partition coefficient (Wildman–Crippen LogP) is 1.82. The Labute approximate surface area is 92.3 Å². The number of hydrogen-bond donors (Lipinski definition) is 0. The molecule has 1 amide bonds. The quantitative estimate of drug-likeness (QED) is 0.771. The Bertz CT molecular complexity index is 289. The highest BCUT2D eigenvalue weighted by Gasteiger charge is 2.07. The Hall–Kier alpha value is -0.900. The van der Waals surface area contributed by atoms with Crippen LogP contribution in [-0.2, 0) is 11.3 Å². The van der Waals surface area contributed by atoms with Gasteiger partial charge in [-0.3, -0.25) is 9.78 Å². The zero-order chi connectivity index (χ0) is 10.4. The molecule has 4 heteroatoms. The number of carbonyl (C=O) groups is 1. The Kier molecular flexibility index (Phi) is 4.59. The van der Waals surface area contributed by atoms with E-state index < -0.39 is 0 Å². The van der Waals surface area contributed by atoms with E-state index >= 15 is 0 Å². The molecule has 1 rings (SSSR count). The third kappa shape index (κ3) is 3.46. The first-order valence-electron chi connectivity index (χ1n) is 4.43. The number of nitrogens with zero attached hydrogens (tertiary/aromatic N) is 2. The average molecular weight is 257 g/mol. The van der Waals surface area contributed by atoms with Crippen LogP contribution in [0.4, 0.5) is 0 Å². The lowest BCUT2D eigenvalue weighted by Crippen LogP contribution is -2.26. The molecule has 0 fully saturated rings. The smallest absolute Gasteiger partial charge is 0.223 e. The van der Waals surface area contributed by atoms with Gasteiger partial charge in [-0.15, -0.1) is 0 Å². The van der Waals surface area contributed by atoms with Gasteiger partial charge in [-0.05, 0) is 11.6 Å². The fourth-order valence-corrected chi connectivity index (χ4v) is 1.46. The van der Waals surface area contributed by atoms with Crippen LogP contribution < -0.4 is 0 Å². The molecule has 76 valence electrons. The van der Waals surface area contributed by atoms with Crippen molar-refractivity contribution >= 4 is 21.8 Å². The normalized spacial score (nSPS) is 9.86. The number of rotatable bonds is 4. The summed E-state index contributed by atoms with van der Waals surface area (Å²) in [7, 11) is 1.80. The number of amides is 1. The minimum atomic E-state index is 0.144. The minimum Gasteiger partial charge on any atom is -0.341 e. The van der Waals surface area contributed by atoms with E-state index in [4.69, 9.17) is 0 Å². The van der Waals surface area contributed by atoms with Gasteiger partial charge in [0.1, 0.15) is 0 Å². The van der Waals surface area contributed by atoms with Crippen molar-refractivity contribution in [2.24, 2.45) is 0 Å². The number of carbonyl (C=O) groups excluding carboxylic acids is 1. The summed E-state index contributed by atoms with van der Waals surface area (Å²) in [4.78, 5) is 17.1. The van der Waals surface area contributed by atoms with Crippen molar-refractivity contribution in [2.75, 3.05) is 12.4 Å². The Morgan fingerprint density at radius 2 is 2.43 bits per heavy atom. The molecule has 1 heterocycles. The molecule has 14 heavy (non-hydrogen) atoms. The lowest BCUT2D eigenvalue weighted by Gasteiger charge is -2.16. The first-order chi connectivity index (χ1) is 6.74. The van der Waals surface area contributed by atoms with E-state index in [9.17, 15) is 4.79 Å². The minimum absolute atomic E-state index is 0.144. The number of alkyl halides is 1. The van der Waals surface area contributed by atoms with Crippen molar-refractivity contribution in [2.45, 2.75) is 13.0 Å². The Morgan fingerprint density at radius 3 is 3.00 bits per heavy atom. The van der Waals surface area contributed by atoms with E-state index in [0.29, 0.717) is 18.3 Å². The highest BCUT2D eigenvalue weighted by atomic mass is 79.9. The summed E-state index contributed by atoms with van der Waals surface area (Å²) in [6.45, 7) is 0.625. The topological polar surface area (TPSA) is 33.2 Å². The van der Waals surface area contributed by atoms with Gasteiger partial charge in [0, 0.05) is 37.7 Å². The number of aromatic nitrogens is 1. The third-order valence-corrected chi connectivity index (χ3v) is 2.27. The van der Waals surface area contributed by atoms with Crippen LogP contribution in [0.25, 0.3) is 0 Å². The van der Waals surface area contributed by atoms with Crippen LogP contribution in [0.2, 0.25) is 0 Å². The molecule has 0 atom stereocenters. The van der Waals surface area contributed by atoms with Crippen molar-refractivity contribution in [3.05, 3.63) is 30.1 Å². The molecule has 0 saturated heterocycles. The van der Waals surface area contributed by atoms with E-state index in [1.807, 2.05) is 12.1 Å². The van der Waals surface area contributed by atoms with Crippen LogP contribution in [0.1, 0.15) is 12.0 Å². The molecule has 0 aliphatic rings. The first kappa shape index (κ1) is 11.2. The fraction of sp³-hybridized carbons (Fsp3) is 0.400. The third-order valence-electron chi connectivity index (χ3n) is 1.88. The molecule has 0 N–H and O–H groups in total. The molecule has 0 aliphatic carbocycles. The van der Waals surface area contributed by atoms with Gasteiger partial charge in [-0.1, -0.05) is 22.0 Å². The molecule has 0 aromatic carbocycles. The molecule has 0 radical (unpaired) electrons. The van der Waals surface area contributed by atoms with Crippen LogP contribution in [0.3, 0.4) is 0 Å². The van der Waals surface area contributed by atoms with E-state index in [2.05, 4.69) is 20.9 Å². The average Bonchev–Trinajstić information content (AvgIpc) is 2.19. The van der Waals surface area contributed by atoms with Crippen LogP contribution in [-0.4, -0.2) is 28.2 Å². The van der Waals surface area contributed by atoms with Gasteiger partial charge in [0.25, 0.3) is 0 Å². The molecular formula is C10H13BrN2O. The standard InChI is InChI=1S/C10H13BrN2O/c1-13(10(14)4-5-11)8-9-3-2-6-12-7-9/h2-3,6-7H,4-5,8H2,1H3. The molecule has 0 bridgehead atoms. The summed E-state index contributed by atoms with van der Waals surface area (Å²) >= 11 is 3.24. The molecule has 1 aromatic rings. The van der Waals surface area contributed by atoms with E-state index in [-0.39, 0.29) is 5.91 Å². The molecule has 3 nitrogen and oxygen atoms in total. The molecule has 0 spiro atoms. The van der Waals surface area contributed by atoms with Gasteiger partial charge < -0.3 is 4.90 Å². The van der Waals surface area contributed by atoms with Crippen molar-refractivity contribution < 1.29 is 4.79 Å². The summed E-state index contributed by atoms with van der Waals surface area (Å²) in [6, 6.07) is 3.84. The zero-order valence-electron chi connectivity index (χ0n) is 8.11. The van der Waals surface area contributed by atoms with E-state index in [0.717, 1.165) is 5.56 Å². The number of halogens is 1. The van der Waals surface area contributed by atoms with E-state index in [1.54, 1.807) is 24.3 Å². The largest absolute Gasteiger partial charge is 0.341 e. The number of hydrogen-bond acceptors (Lipinski definition) is 2. The Morgan fingerprint density at radius 1 is 1.64 bits per heavy atom. The maximum absolute atomic E-state index is 11.4. The monoisotopic (exact) mass is 256 g/mol. The maximum Gasteiger partial charge on any atom is 0.223 e. The van der Waals surface area contributed by atoms with E-state index in [1.165, 1.54) is 0 Å². The second-order valence-electron chi connectivity index (χ2n) is 3.05. The first-order valence-corrected chi connectivity index (χ1v) is 5.55. The Balaban J connectivity index is 2.49. The van der Waals surface area contributed by atoms with Gasteiger partial charge in [-0.2, -0.15) is 0 Å². The van der Waals surface area contributed by atoms with Crippen molar-refractivity contribution in [3.63, 3.8) is 0 Å². The van der Waals surface area contributed by atoms with Gasteiger partial charge in [0.2, 0.25) is 5.91 Å². The molecule has 0 unspecified atom stereocenters. The van der Waals surface area contributed by atoms with Crippen molar-refractivity contribution in [1.82, 2.24) is 9.88 Å². The maximum atomic E-state index is 11.4. The predicted molar refractivity (Wildman–Crippen MR) is 59.1 cm³/mol. The lowest BCUT2D eigenvalue weighted by molar-refractivity contribution is -0.129. The van der Waals surface area contributed by atoms with Gasteiger partial charge >= 0.3 is 0 Å². The summed E-state index contributed by atoms with van der Waals surface area (Å²) in [6.07, 6.45) is 4.04. The summed E-state index contributed by atoms with van der Waals surface area (Å²) in [5.41, 5.74) is 1.05. The van der Waals surface area contributed by atoms with Gasteiger partial charge in [0.05, 0.1) is 0 Å². The summed E-state index contributed by atoms with van der Waals surface area (Å²) < 4.78 is 0. The van der Waals surface area contributed by atoms with Crippen LogP contribution >= 0.6 is 15.9 Å². The molecule has 1 aromatic heterocycles. The highest BCUT2D eigenvalue weighted by molar-refractivity contribution is 9.09. The highest BCUT2D eigenvalue weighted by Crippen LogP contribution is 2.03. The van der Waals surface area contributed by atoms with Crippen molar-refractivity contribution in [1.29, 1.82) is 0 Å². The zero-order valence-corrected chi connectivity index (χ0v) is 9.70. The summed E-state index contributed by atoms with van der Waals surface area (Å²) in [5.74, 6) is 0.144. The van der Waals surface area contributed by atoms with Gasteiger partial charge in [-0.25, -0.2) is 0 Å². The summed E-state index contributed by atoms with van der Waals surface area (Å²) in [5, 5.41) is 0.712. The molecule has 0 aliphatic heterocycles. The van der Waals surface area contributed by atoms with Gasteiger partial charge in [0.15, 0.2) is 0 Å². The SMILES string of the molecule is CN(Cc1cccnc1)C(=O)CCBr. The second kappa shape index (κ2) is 5.75.